The first kappa shape index (κ1) is 15.5. The van der Waals surface area contributed by atoms with Gasteiger partial charge < -0.3 is 9.47 Å². The Morgan fingerprint density at radius 2 is 1.85 bits per heavy atom. The van der Waals surface area contributed by atoms with Gasteiger partial charge in [-0.25, -0.2) is 0 Å². The summed E-state index contributed by atoms with van der Waals surface area (Å²) in [7, 11) is 0. The predicted molar refractivity (Wildman–Crippen MR) is 82.8 cm³/mol. The number of unbranched alkanes of at least 4 members (excludes halogenated alkanes) is 3. The van der Waals surface area contributed by atoms with Crippen molar-refractivity contribution in [3.63, 3.8) is 0 Å². The van der Waals surface area contributed by atoms with Crippen LogP contribution < -0.4 is 0 Å². The monoisotopic (exact) mass is 276 g/mol. The zero-order valence-electron chi connectivity index (χ0n) is 13.2. The maximum absolute atomic E-state index is 5.76. The van der Waals surface area contributed by atoms with Crippen LogP contribution in [0.1, 0.15) is 62.5 Å². The van der Waals surface area contributed by atoms with E-state index >= 15 is 0 Å². The van der Waals surface area contributed by atoms with Gasteiger partial charge in [0, 0.05) is 11.5 Å². The molecule has 1 aromatic carbocycles. The maximum atomic E-state index is 5.76. The molecule has 0 aromatic heterocycles. The Balaban J connectivity index is 1.91. The normalized spacial score (nSPS) is 22.9. The minimum absolute atomic E-state index is 0.168. The van der Waals surface area contributed by atoms with Gasteiger partial charge in [-0.2, -0.15) is 0 Å². The number of hydrogen-bond donors (Lipinski definition) is 0. The van der Waals surface area contributed by atoms with Crippen LogP contribution in [0.3, 0.4) is 0 Å². The van der Waals surface area contributed by atoms with E-state index in [-0.39, 0.29) is 6.29 Å². The molecule has 20 heavy (non-hydrogen) atoms. The van der Waals surface area contributed by atoms with Crippen molar-refractivity contribution in [3.05, 3.63) is 34.9 Å². The van der Waals surface area contributed by atoms with Crippen molar-refractivity contribution < 1.29 is 9.47 Å². The predicted octanol–water partition coefficient (Wildman–Crippen LogP) is 4.80. The fourth-order valence-corrected chi connectivity index (χ4v) is 2.68. The first-order valence-corrected chi connectivity index (χ1v) is 8.03. The molecular formula is C18H28O2. The summed E-state index contributed by atoms with van der Waals surface area (Å²) in [6.07, 6.45) is 6.30. The molecule has 0 spiro atoms. The summed E-state index contributed by atoms with van der Waals surface area (Å²) < 4.78 is 11.5. The molecule has 112 valence electrons. The fourth-order valence-electron chi connectivity index (χ4n) is 2.68. The van der Waals surface area contributed by atoms with Gasteiger partial charge in [0.25, 0.3) is 0 Å². The van der Waals surface area contributed by atoms with Crippen molar-refractivity contribution in [2.75, 3.05) is 13.2 Å². The van der Waals surface area contributed by atoms with Crippen molar-refractivity contribution in [1.29, 1.82) is 0 Å². The standard InChI is InChI=1S/C18H28O2/c1-4-5-6-7-8-16-9-10-17(11-15(16)3)18-19-12-14(2)13-20-18/h9-11,14,18H,4-8,12-13H2,1-3H3. The third-order valence-electron chi connectivity index (χ3n) is 4.00. The van der Waals surface area contributed by atoms with E-state index in [9.17, 15) is 0 Å². The minimum atomic E-state index is -0.168. The fraction of sp³-hybridized carbons (Fsp3) is 0.667. The van der Waals surface area contributed by atoms with Crippen LogP contribution in [0.5, 0.6) is 0 Å². The summed E-state index contributed by atoms with van der Waals surface area (Å²) in [5.41, 5.74) is 3.99. The van der Waals surface area contributed by atoms with Crippen molar-refractivity contribution >= 4 is 0 Å². The van der Waals surface area contributed by atoms with Crippen LogP contribution in [0.15, 0.2) is 18.2 Å². The van der Waals surface area contributed by atoms with Gasteiger partial charge in [-0.1, -0.05) is 51.3 Å². The van der Waals surface area contributed by atoms with Gasteiger partial charge in [0.05, 0.1) is 13.2 Å². The van der Waals surface area contributed by atoms with E-state index in [0.29, 0.717) is 5.92 Å². The van der Waals surface area contributed by atoms with Gasteiger partial charge in [0.1, 0.15) is 0 Å². The van der Waals surface area contributed by atoms with Gasteiger partial charge >= 0.3 is 0 Å². The number of aryl methyl sites for hydroxylation is 2. The molecule has 1 aromatic rings. The first-order chi connectivity index (χ1) is 9.70. The van der Waals surface area contributed by atoms with Crippen molar-refractivity contribution in [2.45, 2.75) is 59.2 Å². The minimum Gasteiger partial charge on any atom is -0.348 e. The maximum Gasteiger partial charge on any atom is 0.183 e. The second-order valence-electron chi connectivity index (χ2n) is 6.10. The van der Waals surface area contributed by atoms with E-state index in [1.807, 2.05) is 0 Å². The third-order valence-corrected chi connectivity index (χ3v) is 4.00. The molecule has 0 bridgehead atoms. The third kappa shape index (κ3) is 4.32. The molecule has 0 atom stereocenters. The van der Waals surface area contributed by atoms with Crippen molar-refractivity contribution in [1.82, 2.24) is 0 Å². The lowest BCUT2D eigenvalue weighted by molar-refractivity contribution is -0.202. The molecule has 0 amide bonds. The number of rotatable bonds is 6. The Labute approximate surface area is 123 Å². The van der Waals surface area contributed by atoms with Crippen LogP contribution >= 0.6 is 0 Å². The zero-order valence-corrected chi connectivity index (χ0v) is 13.2. The molecule has 0 saturated carbocycles. The van der Waals surface area contributed by atoms with Crippen LogP contribution in [0.4, 0.5) is 0 Å². The van der Waals surface area contributed by atoms with E-state index in [4.69, 9.17) is 9.47 Å². The first-order valence-electron chi connectivity index (χ1n) is 8.03. The van der Waals surface area contributed by atoms with Crippen molar-refractivity contribution in [2.24, 2.45) is 5.92 Å². The molecule has 1 aliphatic heterocycles. The van der Waals surface area contributed by atoms with Gasteiger partial charge in [-0.15, -0.1) is 0 Å². The van der Waals surface area contributed by atoms with E-state index in [1.54, 1.807) is 0 Å². The molecular weight excluding hydrogens is 248 g/mol. The lowest BCUT2D eigenvalue weighted by Gasteiger charge is -2.28. The Hall–Kier alpha value is -0.860. The van der Waals surface area contributed by atoms with Crippen LogP contribution in [0.25, 0.3) is 0 Å². The average Bonchev–Trinajstić information content (AvgIpc) is 2.46. The lowest BCUT2D eigenvalue weighted by atomic mass is 9.99. The van der Waals surface area contributed by atoms with E-state index in [1.165, 1.54) is 43.2 Å². The molecule has 0 unspecified atom stereocenters. The summed E-state index contributed by atoms with van der Waals surface area (Å²) >= 11 is 0. The second kappa shape index (κ2) is 7.80. The Morgan fingerprint density at radius 1 is 1.10 bits per heavy atom. The molecule has 2 heteroatoms. The van der Waals surface area contributed by atoms with Crippen molar-refractivity contribution in [3.8, 4) is 0 Å². The van der Waals surface area contributed by atoms with Gasteiger partial charge in [0.2, 0.25) is 0 Å². The van der Waals surface area contributed by atoms with Crippen LogP contribution in [0.2, 0.25) is 0 Å². The second-order valence-corrected chi connectivity index (χ2v) is 6.10. The van der Waals surface area contributed by atoms with Gasteiger partial charge in [0.15, 0.2) is 6.29 Å². The molecule has 2 rings (SSSR count). The topological polar surface area (TPSA) is 18.5 Å². The molecule has 1 heterocycles. The number of hydrogen-bond acceptors (Lipinski definition) is 2. The average molecular weight is 276 g/mol. The zero-order chi connectivity index (χ0) is 14.4. The van der Waals surface area contributed by atoms with Crippen LogP contribution in [-0.2, 0) is 15.9 Å². The number of ether oxygens (including phenoxy) is 2. The molecule has 0 N–H and O–H groups in total. The summed E-state index contributed by atoms with van der Waals surface area (Å²) in [5, 5.41) is 0. The van der Waals surface area contributed by atoms with Crippen LogP contribution in [0, 0.1) is 12.8 Å². The van der Waals surface area contributed by atoms with E-state index < -0.39 is 0 Å². The molecule has 0 aliphatic carbocycles. The Kier molecular flexibility index (Phi) is 6.06. The molecule has 1 aliphatic rings. The highest BCUT2D eigenvalue weighted by atomic mass is 16.7. The van der Waals surface area contributed by atoms with Gasteiger partial charge in [-0.05, 0) is 30.9 Å². The summed E-state index contributed by atoms with van der Waals surface area (Å²) in [4.78, 5) is 0. The molecule has 1 fully saturated rings. The molecule has 2 nitrogen and oxygen atoms in total. The lowest BCUT2D eigenvalue weighted by Crippen LogP contribution is -2.25. The van der Waals surface area contributed by atoms with E-state index in [0.717, 1.165) is 18.8 Å². The van der Waals surface area contributed by atoms with Gasteiger partial charge in [-0.3, -0.25) is 0 Å². The summed E-state index contributed by atoms with van der Waals surface area (Å²) in [5.74, 6) is 0.505. The summed E-state index contributed by atoms with van der Waals surface area (Å²) in [6, 6.07) is 6.65. The smallest absolute Gasteiger partial charge is 0.183 e. The highest BCUT2D eigenvalue weighted by Gasteiger charge is 2.21. The van der Waals surface area contributed by atoms with E-state index in [2.05, 4.69) is 39.0 Å². The largest absolute Gasteiger partial charge is 0.348 e. The quantitative estimate of drug-likeness (QED) is 0.695. The van der Waals surface area contributed by atoms with Crippen LogP contribution in [-0.4, -0.2) is 13.2 Å². The molecule has 0 radical (unpaired) electrons. The molecule has 1 saturated heterocycles. The number of benzene rings is 1. The highest BCUT2D eigenvalue weighted by molar-refractivity contribution is 5.32. The highest BCUT2D eigenvalue weighted by Crippen LogP contribution is 2.26. The SMILES string of the molecule is CCCCCCc1ccc(C2OCC(C)CO2)cc1C. The Bertz CT molecular complexity index is 406. The summed E-state index contributed by atoms with van der Waals surface area (Å²) in [6.45, 7) is 8.20. The Morgan fingerprint density at radius 3 is 2.50 bits per heavy atom.